The van der Waals surface area contributed by atoms with Crippen molar-refractivity contribution >= 4 is 17.3 Å². The fourth-order valence-electron chi connectivity index (χ4n) is 4.46. The largest absolute Gasteiger partial charge is 0.494 e. The number of aromatic nitrogens is 2. The molecule has 1 aliphatic heterocycles. The van der Waals surface area contributed by atoms with Crippen molar-refractivity contribution in [3.05, 3.63) is 101 Å². The monoisotopic (exact) mass is 498 g/mol. The zero-order valence-corrected chi connectivity index (χ0v) is 21.1. The molecule has 0 spiro atoms. The molecule has 0 radical (unpaired) electrons. The highest BCUT2D eigenvalue weighted by molar-refractivity contribution is 6.01. The summed E-state index contributed by atoms with van der Waals surface area (Å²) in [5.74, 6) is 0.836. The molecule has 8 heteroatoms. The first kappa shape index (κ1) is 24.2. The van der Waals surface area contributed by atoms with E-state index in [2.05, 4.69) is 15.5 Å². The van der Waals surface area contributed by atoms with E-state index < -0.39 is 6.04 Å². The van der Waals surface area contributed by atoms with Crippen LogP contribution in [0.2, 0.25) is 0 Å². The molecule has 1 aromatic heterocycles. The molecule has 1 aliphatic rings. The lowest BCUT2D eigenvalue weighted by atomic mass is 9.92. The average Bonchev–Trinajstić information content (AvgIpc) is 3.36. The molecule has 2 heterocycles. The number of carbonyl (C=O) groups excluding carboxylic acids is 1. The number of hydrogen-bond donors (Lipinski definition) is 1. The lowest BCUT2D eigenvalue weighted by molar-refractivity contribution is 0.244. The van der Waals surface area contributed by atoms with Crippen LogP contribution in [0, 0.1) is 19.7 Å². The van der Waals surface area contributed by atoms with E-state index in [4.69, 9.17) is 9.26 Å². The van der Waals surface area contributed by atoms with Gasteiger partial charge in [0, 0.05) is 11.3 Å². The average molecular weight is 499 g/mol. The SMILES string of the molecule is CCOc1ccc(N2C(=O)NC(c3ccc(C)c(C)c3)C(c3nc(-c4cccc(F)c4)no3)=C2C)cc1. The van der Waals surface area contributed by atoms with E-state index in [0.29, 0.717) is 29.1 Å². The Morgan fingerprint density at radius 3 is 2.51 bits per heavy atom. The molecule has 0 saturated heterocycles. The number of benzene rings is 3. The lowest BCUT2D eigenvalue weighted by Crippen LogP contribution is -2.46. The Kier molecular flexibility index (Phi) is 6.48. The number of nitrogens with zero attached hydrogens (tertiary/aromatic N) is 3. The Morgan fingerprint density at radius 1 is 1.03 bits per heavy atom. The van der Waals surface area contributed by atoms with Crippen molar-refractivity contribution < 1.29 is 18.4 Å². The lowest BCUT2D eigenvalue weighted by Gasteiger charge is -2.35. The number of ether oxygens (including phenoxy) is 1. The Morgan fingerprint density at radius 2 is 1.81 bits per heavy atom. The zero-order chi connectivity index (χ0) is 26.1. The van der Waals surface area contributed by atoms with Gasteiger partial charge >= 0.3 is 6.03 Å². The van der Waals surface area contributed by atoms with Gasteiger partial charge in [-0.3, -0.25) is 4.90 Å². The minimum absolute atomic E-state index is 0.246. The molecule has 3 aromatic carbocycles. The number of aryl methyl sites for hydroxylation is 2. The molecule has 1 unspecified atom stereocenters. The summed E-state index contributed by atoms with van der Waals surface area (Å²) in [5, 5.41) is 7.23. The summed E-state index contributed by atoms with van der Waals surface area (Å²) in [6.45, 7) is 8.39. The van der Waals surface area contributed by atoms with Crippen molar-refractivity contribution in [3.63, 3.8) is 0 Å². The number of anilines is 1. The number of nitrogens with one attached hydrogen (secondary N) is 1. The van der Waals surface area contributed by atoms with Crippen LogP contribution >= 0.6 is 0 Å². The van der Waals surface area contributed by atoms with Gasteiger partial charge in [0.15, 0.2) is 0 Å². The molecule has 0 saturated carbocycles. The second-order valence-electron chi connectivity index (χ2n) is 8.92. The van der Waals surface area contributed by atoms with Crippen molar-refractivity contribution in [2.45, 2.75) is 33.7 Å². The molecule has 5 rings (SSSR count). The van der Waals surface area contributed by atoms with E-state index in [-0.39, 0.29) is 23.6 Å². The summed E-state index contributed by atoms with van der Waals surface area (Å²) in [7, 11) is 0. The van der Waals surface area contributed by atoms with Crippen molar-refractivity contribution in [2.24, 2.45) is 0 Å². The molecule has 188 valence electrons. The van der Waals surface area contributed by atoms with Crippen LogP contribution in [0.5, 0.6) is 5.75 Å². The summed E-state index contributed by atoms with van der Waals surface area (Å²) < 4.78 is 25.1. The molecule has 2 amide bonds. The summed E-state index contributed by atoms with van der Waals surface area (Å²) >= 11 is 0. The van der Waals surface area contributed by atoms with Crippen LogP contribution in [0.1, 0.15) is 42.5 Å². The van der Waals surface area contributed by atoms with Crippen molar-refractivity contribution in [1.29, 1.82) is 0 Å². The summed E-state index contributed by atoms with van der Waals surface area (Å²) in [5.41, 5.74) is 5.61. The van der Waals surface area contributed by atoms with Crippen LogP contribution in [0.15, 0.2) is 77.0 Å². The molecule has 1 atom stereocenters. The molecule has 0 aliphatic carbocycles. The van der Waals surface area contributed by atoms with Crippen molar-refractivity contribution in [2.75, 3.05) is 11.5 Å². The van der Waals surface area contributed by atoms with E-state index in [9.17, 15) is 9.18 Å². The molecule has 7 nitrogen and oxygen atoms in total. The number of urea groups is 1. The summed E-state index contributed by atoms with van der Waals surface area (Å²) in [4.78, 5) is 19.6. The smallest absolute Gasteiger partial charge is 0.326 e. The molecule has 0 fully saturated rings. The van der Waals surface area contributed by atoms with E-state index >= 15 is 0 Å². The number of allylic oxidation sites excluding steroid dienone is 1. The number of hydrogen-bond acceptors (Lipinski definition) is 5. The van der Waals surface area contributed by atoms with Gasteiger partial charge < -0.3 is 14.6 Å². The van der Waals surface area contributed by atoms with E-state index in [1.54, 1.807) is 17.0 Å². The topological polar surface area (TPSA) is 80.5 Å². The Balaban J connectivity index is 1.63. The maximum atomic E-state index is 13.8. The van der Waals surface area contributed by atoms with Crippen LogP contribution in [-0.2, 0) is 0 Å². The third-order valence-electron chi connectivity index (χ3n) is 6.49. The second kappa shape index (κ2) is 9.89. The van der Waals surface area contributed by atoms with Crippen molar-refractivity contribution in [3.8, 4) is 17.1 Å². The van der Waals surface area contributed by atoms with Gasteiger partial charge in [-0.1, -0.05) is 35.5 Å². The minimum Gasteiger partial charge on any atom is -0.494 e. The first-order valence-electron chi connectivity index (χ1n) is 12.1. The fourth-order valence-corrected chi connectivity index (χ4v) is 4.46. The Hall–Kier alpha value is -4.46. The highest BCUT2D eigenvalue weighted by Gasteiger charge is 2.36. The molecule has 37 heavy (non-hydrogen) atoms. The summed E-state index contributed by atoms with van der Waals surface area (Å²) in [6.07, 6.45) is 0. The minimum atomic E-state index is -0.522. The number of amides is 2. The van der Waals surface area contributed by atoms with Crippen LogP contribution < -0.4 is 15.0 Å². The van der Waals surface area contributed by atoms with Gasteiger partial charge in [0.2, 0.25) is 5.82 Å². The molecular weight excluding hydrogens is 471 g/mol. The normalized spacial score (nSPS) is 15.6. The van der Waals surface area contributed by atoms with E-state index in [1.165, 1.54) is 12.1 Å². The zero-order valence-electron chi connectivity index (χ0n) is 21.1. The van der Waals surface area contributed by atoms with Gasteiger partial charge in [-0.15, -0.1) is 0 Å². The number of rotatable bonds is 6. The third-order valence-corrected chi connectivity index (χ3v) is 6.49. The highest BCUT2D eigenvalue weighted by Crippen LogP contribution is 2.39. The highest BCUT2D eigenvalue weighted by atomic mass is 19.1. The Labute approximate surface area is 214 Å². The molecule has 0 bridgehead atoms. The van der Waals surface area contributed by atoms with Crippen molar-refractivity contribution in [1.82, 2.24) is 15.5 Å². The van der Waals surface area contributed by atoms with E-state index in [0.717, 1.165) is 22.4 Å². The van der Waals surface area contributed by atoms with Crippen LogP contribution in [-0.4, -0.2) is 22.8 Å². The van der Waals surface area contributed by atoms with Gasteiger partial charge in [-0.25, -0.2) is 9.18 Å². The van der Waals surface area contributed by atoms with E-state index in [1.807, 2.05) is 70.2 Å². The maximum absolute atomic E-state index is 13.8. The fraction of sp³-hybridized carbons (Fsp3) is 0.207. The molecule has 1 N–H and O–H groups in total. The number of halogens is 1. The van der Waals surface area contributed by atoms with Gasteiger partial charge in [-0.05, 0) is 80.8 Å². The van der Waals surface area contributed by atoms with Gasteiger partial charge in [0.05, 0.1) is 23.9 Å². The molecular formula is C29H27FN4O3. The summed E-state index contributed by atoms with van der Waals surface area (Å²) in [6, 6.07) is 18.6. The standard InChI is InChI=1S/C29H27FN4O3/c1-5-36-24-13-11-23(12-14-24)34-19(4)25(26(31-29(34)35)20-10-9-17(2)18(3)15-20)28-32-27(33-37-28)21-7-6-8-22(30)16-21/h6-16,26H,5H2,1-4H3,(H,31,35). The molecule has 4 aromatic rings. The first-order chi connectivity index (χ1) is 17.9. The predicted molar refractivity (Wildman–Crippen MR) is 140 cm³/mol. The second-order valence-corrected chi connectivity index (χ2v) is 8.92. The van der Waals surface area contributed by atoms with Gasteiger partial charge in [0.1, 0.15) is 11.6 Å². The third kappa shape index (κ3) is 4.70. The first-order valence-corrected chi connectivity index (χ1v) is 12.1. The van der Waals surface area contributed by atoms with Crippen LogP contribution in [0.25, 0.3) is 17.0 Å². The van der Waals surface area contributed by atoms with Gasteiger partial charge in [0.25, 0.3) is 5.89 Å². The van der Waals surface area contributed by atoms with Crippen LogP contribution in [0.4, 0.5) is 14.9 Å². The number of carbonyl (C=O) groups is 1. The quantitative estimate of drug-likeness (QED) is 0.324. The predicted octanol–water partition coefficient (Wildman–Crippen LogP) is 6.59. The maximum Gasteiger partial charge on any atom is 0.326 e. The van der Waals surface area contributed by atoms with Gasteiger partial charge in [-0.2, -0.15) is 4.98 Å². The Bertz CT molecular complexity index is 1490. The van der Waals surface area contributed by atoms with Crippen LogP contribution in [0.3, 0.4) is 0 Å².